The Hall–Kier alpha value is -1.34. The van der Waals surface area contributed by atoms with E-state index >= 15 is 0 Å². The number of aliphatic hydroxyl groups is 1. The zero-order chi connectivity index (χ0) is 15.6. The Labute approximate surface area is 128 Å². The molecule has 3 nitrogen and oxygen atoms in total. The van der Waals surface area contributed by atoms with Gasteiger partial charge in [-0.25, -0.2) is 0 Å². The standard InChI is InChI=1S/C14H14BrF3N2O/c1-2-5-20-8-10(7-19-20)13(21)9-3-4-12(15)11(6-9)14(16,17)18/h3-4,6-8,13,21H,2,5H2,1H3. The van der Waals surface area contributed by atoms with Crippen LogP contribution in [0.25, 0.3) is 0 Å². The van der Waals surface area contributed by atoms with Crippen molar-refractivity contribution in [1.29, 1.82) is 0 Å². The highest BCUT2D eigenvalue weighted by Crippen LogP contribution is 2.37. The number of hydrogen-bond acceptors (Lipinski definition) is 2. The Kier molecular flexibility index (Phi) is 4.73. The first kappa shape index (κ1) is 16.0. The molecule has 1 aromatic carbocycles. The summed E-state index contributed by atoms with van der Waals surface area (Å²) in [5, 5.41) is 14.3. The number of benzene rings is 1. The molecule has 0 aliphatic carbocycles. The van der Waals surface area contributed by atoms with Crippen LogP contribution in [0.3, 0.4) is 0 Å². The van der Waals surface area contributed by atoms with Gasteiger partial charge in [0.15, 0.2) is 0 Å². The molecule has 0 saturated heterocycles. The van der Waals surface area contributed by atoms with Crippen molar-refractivity contribution in [1.82, 2.24) is 9.78 Å². The van der Waals surface area contributed by atoms with Crippen LogP contribution in [0, 0.1) is 0 Å². The van der Waals surface area contributed by atoms with E-state index in [1.165, 1.54) is 18.3 Å². The number of nitrogens with zero attached hydrogens (tertiary/aromatic N) is 2. The van der Waals surface area contributed by atoms with E-state index in [1.807, 2.05) is 6.92 Å². The summed E-state index contributed by atoms with van der Waals surface area (Å²) >= 11 is 2.88. The predicted octanol–water partition coefficient (Wildman–Crippen LogP) is 4.16. The highest BCUT2D eigenvalue weighted by atomic mass is 79.9. The van der Waals surface area contributed by atoms with Gasteiger partial charge in [-0.1, -0.05) is 28.9 Å². The van der Waals surface area contributed by atoms with Gasteiger partial charge in [0.05, 0.1) is 11.8 Å². The molecule has 0 aliphatic rings. The van der Waals surface area contributed by atoms with E-state index in [2.05, 4.69) is 21.0 Å². The highest BCUT2D eigenvalue weighted by Gasteiger charge is 2.33. The Bertz CT molecular complexity index is 625. The smallest absolute Gasteiger partial charge is 0.384 e. The van der Waals surface area contributed by atoms with Gasteiger partial charge >= 0.3 is 6.18 Å². The van der Waals surface area contributed by atoms with Gasteiger partial charge in [0.25, 0.3) is 0 Å². The molecule has 2 rings (SSSR count). The summed E-state index contributed by atoms with van der Waals surface area (Å²) in [6.45, 7) is 2.68. The van der Waals surface area contributed by atoms with Crippen molar-refractivity contribution in [3.05, 3.63) is 51.8 Å². The van der Waals surface area contributed by atoms with Gasteiger partial charge in [0.1, 0.15) is 6.10 Å². The first-order valence-electron chi connectivity index (χ1n) is 6.40. The second-order valence-electron chi connectivity index (χ2n) is 4.68. The monoisotopic (exact) mass is 362 g/mol. The molecule has 0 aliphatic heterocycles. The van der Waals surface area contributed by atoms with E-state index in [-0.39, 0.29) is 10.0 Å². The van der Waals surface area contributed by atoms with Crippen LogP contribution in [0.4, 0.5) is 13.2 Å². The van der Waals surface area contributed by atoms with Crippen molar-refractivity contribution in [2.24, 2.45) is 0 Å². The maximum atomic E-state index is 12.9. The Morgan fingerprint density at radius 2 is 2.05 bits per heavy atom. The average Bonchev–Trinajstić information content (AvgIpc) is 2.86. The minimum Gasteiger partial charge on any atom is -0.384 e. The molecule has 7 heteroatoms. The molecular formula is C14H14BrF3N2O. The normalized spacial score (nSPS) is 13.4. The summed E-state index contributed by atoms with van der Waals surface area (Å²) in [4.78, 5) is 0. The van der Waals surface area contributed by atoms with Gasteiger partial charge in [-0.15, -0.1) is 0 Å². The fraction of sp³-hybridized carbons (Fsp3) is 0.357. The topological polar surface area (TPSA) is 38.0 Å². The largest absolute Gasteiger partial charge is 0.417 e. The average molecular weight is 363 g/mol. The van der Waals surface area contributed by atoms with Gasteiger partial charge in [0, 0.05) is 22.8 Å². The van der Waals surface area contributed by atoms with Crippen LogP contribution in [0.1, 0.15) is 36.1 Å². The maximum absolute atomic E-state index is 12.9. The number of aliphatic hydroxyl groups excluding tert-OH is 1. The lowest BCUT2D eigenvalue weighted by atomic mass is 10.0. The van der Waals surface area contributed by atoms with Crippen molar-refractivity contribution < 1.29 is 18.3 Å². The van der Waals surface area contributed by atoms with E-state index < -0.39 is 17.8 Å². The van der Waals surface area contributed by atoms with Crippen LogP contribution < -0.4 is 0 Å². The van der Waals surface area contributed by atoms with E-state index in [0.29, 0.717) is 12.1 Å². The summed E-state index contributed by atoms with van der Waals surface area (Å²) < 4.78 is 40.2. The molecule has 1 N–H and O–H groups in total. The number of hydrogen-bond donors (Lipinski definition) is 1. The third-order valence-electron chi connectivity index (χ3n) is 3.03. The van der Waals surface area contributed by atoms with Crippen LogP contribution in [-0.4, -0.2) is 14.9 Å². The van der Waals surface area contributed by atoms with Crippen LogP contribution >= 0.6 is 15.9 Å². The molecular weight excluding hydrogens is 349 g/mol. The van der Waals surface area contributed by atoms with Crippen LogP contribution in [0.15, 0.2) is 35.1 Å². The van der Waals surface area contributed by atoms with E-state index in [0.717, 1.165) is 12.5 Å². The number of alkyl halides is 3. The third-order valence-corrected chi connectivity index (χ3v) is 3.72. The quantitative estimate of drug-likeness (QED) is 0.886. The lowest BCUT2D eigenvalue weighted by Crippen LogP contribution is -2.08. The first-order chi connectivity index (χ1) is 9.82. The Morgan fingerprint density at radius 3 is 2.67 bits per heavy atom. The van der Waals surface area contributed by atoms with Gasteiger partial charge in [-0.2, -0.15) is 18.3 Å². The van der Waals surface area contributed by atoms with Crippen molar-refractivity contribution in [3.8, 4) is 0 Å². The molecule has 1 aromatic heterocycles. The number of rotatable bonds is 4. The molecule has 21 heavy (non-hydrogen) atoms. The second kappa shape index (κ2) is 6.19. The zero-order valence-electron chi connectivity index (χ0n) is 11.2. The molecule has 1 atom stereocenters. The van der Waals surface area contributed by atoms with Crippen LogP contribution in [0.2, 0.25) is 0 Å². The molecule has 1 heterocycles. The van der Waals surface area contributed by atoms with Crippen molar-refractivity contribution >= 4 is 15.9 Å². The summed E-state index contributed by atoms with van der Waals surface area (Å²) in [5.74, 6) is 0. The van der Waals surface area contributed by atoms with E-state index in [1.54, 1.807) is 10.9 Å². The van der Waals surface area contributed by atoms with Crippen LogP contribution in [0.5, 0.6) is 0 Å². The SMILES string of the molecule is CCCn1cc(C(O)c2ccc(Br)c(C(F)(F)F)c2)cn1. The van der Waals surface area contributed by atoms with Gasteiger partial charge < -0.3 is 5.11 Å². The summed E-state index contributed by atoms with van der Waals surface area (Å²) in [7, 11) is 0. The number of aromatic nitrogens is 2. The van der Waals surface area contributed by atoms with Crippen molar-refractivity contribution in [2.45, 2.75) is 32.2 Å². The number of halogens is 4. The van der Waals surface area contributed by atoms with E-state index in [4.69, 9.17) is 0 Å². The molecule has 0 amide bonds. The lowest BCUT2D eigenvalue weighted by molar-refractivity contribution is -0.138. The molecule has 0 saturated carbocycles. The zero-order valence-corrected chi connectivity index (χ0v) is 12.8. The summed E-state index contributed by atoms with van der Waals surface area (Å²) in [6.07, 6.45) is -1.61. The molecule has 0 fully saturated rings. The lowest BCUT2D eigenvalue weighted by Gasteiger charge is -2.14. The Morgan fingerprint density at radius 1 is 1.33 bits per heavy atom. The molecule has 114 valence electrons. The molecule has 0 spiro atoms. The third kappa shape index (κ3) is 3.65. The maximum Gasteiger partial charge on any atom is 0.417 e. The Balaban J connectivity index is 2.32. The van der Waals surface area contributed by atoms with E-state index in [9.17, 15) is 18.3 Å². The predicted molar refractivity (Wildman–Crippen MR) is 75.7 cm³/mol. The summed E-state index contributed by atoms with van der Waals surface area (Å²) in [5.41, 5.74) is -0.152. The highest BCUT2D eigenvalue weighted by molar-refractivity contribution is 9.10. The fourth-order valence-corrected chi connectivity index (χ4v) is 2.47. The van der Waals surface area contributed by atoms with Gasteiger partial charge in [0.2, 0.25) is 0 Å². The van der Waals surface area contributed by atoms with Crippen LogP contribution in [-0.2, 0) is 12.7 Å². The number of aryl methyl sites for hydroxylation is 1. The molecule has 0 bridgehead atoms. The van der Waals surface area contributed by atoms with Crippen molar-refractivity contribution in [3.63, 3.8) is 0 Å². The van der Waals surface area contributed by atoms with Gasteiger partial charge in [-0.05, 0) is 24.1 Å². The molecule has 2 aromatic rings. The first-order valence-corrected chi connectivity index (χ1v) is 7.19. The van der Waals surface area contributed by atoms with Gasteiger partial charge in [-0.3, -0.25) is 4.68 Å². The second-order valence-corrected chi connectivity index (χ2v) is 5.53. The minimum absolute atomic E-state index is 0.0485. The molecule has 0 radical (unpaired) electrons. The van der Waals surface area contributed by atoms with Crippen molar-refractivity contribution in [2.75, 3.05) is 0 Å². The fourth-order valence-electron chi connectivity index (χ4n) is 1.99. The molecule has 1 unspecified atom stereocenters. The summed E-state index contributed by atoms with van der Waals surface area (Å²) in [6, 6.07) is 3.70. The minimum atomic E-state index is -4.47.